The summed E-state index contributed by atoms with van der Waals surface area (Å²) in [5.41, 5.74) is 7.78. The van der Waals surface area contributed by atoms with Crippen molar-refractivity contribution in [2.45, 2.75) is 19.9 Å². The molecule has 6 heteroatoms. The number of nitrogens with zero attached hydrogens (tertiary/aromatic N) is 4. The predicted molar refractivity (Wildman–Crippen MR) is 69.9 cm³/mol. The quantitative estimate of drug-likeness (QED) is 0.853. The number of hydrogen-bond donors (Lipinski definition) is 1. The van der Waals surface area contributed by atoms with Crippen LogP contribution in [0.4, 0.5) is 5.82 Å². The average Bonchev–Trinajstić information content (AvgIpc) is 2.57. The maximum atomic E-state index is 5.99. The van der Waals surface area contributed by atoms with Gasteiger partial charge in [-0.3, -0.25) is 9.97 Å². The van der Waals surface area contributed by atoms with Crippen LogP contribution >= 0.6 is 22.6 Å². The van der Waals surface area contributed by atoms with Gasteiger partial charge in [0.25, 0.3) is 0 Å². The van der Waals surface area contributed by atoms with Gasteiger partial charge in [-0.1, -0.05) is 0 Å². The number of anilines is 1. The summed E-state index contributed by atoms with van der Waals surface area (Å²) in [5.74, 6) is 0.677. The van der Waals surface area contributed by atoms with Gasteiger partial charge in [-0.25, -0.2) is 4.68 Å². The van der Waals surface area contributed by atoms with Crippen LogP contribution in [0.15, 0.2) is 18.6 Å². The van der Waals surface area contributed by atoms with Crippen LogP contribution in [-0.2, 0) is 0 Å². The van der Waals surface area contributed by atoms with Crippen molar-refractivity contribution in [1.29, 1.82) is 0 Å². The zero-order valence-electron chi connectivity index (χ0n) is 9.05. The van der Waals surface area contributed by atoms with Gasteiger partial charge in [-0.05, 0) is 36.4 Å². The van der Waals surface area contributed by atoms with Gasteiger partial charge in [-0.15, -0.1) is 0 Å². The van der Waals surface area contributed by atoms with Crippen molar-refractivity contribution in [3.8, 4) is 0 Å². The highest BCUT2D eigenvalue weighted by Crippen LogP contribution is 2.24. The molecule has 2 aromatic rings. The number of aromatic nitrogens is 4. The van der Waals surface area contributed by atoms with Gasteiger partial charge in [0.1, 0.15) is 5.82 Å². The fourth-order valence-electron chi connectivity index (χ4n) is 1.49. The Morgan fingerprint density at radius 2 is 2.19 bits per heavy atom. The van der Waals surface area contributed by atoms with Gasteiger partial charge >= 0.3 is 0 Å². The molecule has 84 valence electrons. The van der Waals surface area contributed by atoms with E-state index in [1.165, 1.54) is 0 Å². The Hall–Kier alpha value is -1.18. The first-order chi connectivity index (χ1) is 7.61. The molecular weight excluding hydrogens is 317 g/mol. The Bertz CT molecular complexity index is 493. The Labute approximate surface area is 107 Å². The van der Waals surface area contributed by atoms with Crippen molar-refractivity contribution < 1.29 is 0 Å². The molecule has 0 aliphatic carbocycles. The Kier molecular flexibility index (Phi) is 3.08. The number of nitrogens with two attached hydrogens (primary N) is 1. The van der Waals surface area contributed by atoms with Gasteiger partial charge in [0.05, 0.1) is 27.2 Å². The summed E-state index contributed by atoms with van der Waals surface area (Å²) in [7, 11) is 0. The van der Waals surface area contributed by atoms with E-state index in [2.05, 4.69) is 37.7 Å². The van der Waals surface area contributed by atoms with Gasteiger partial charge in [0, 0.05) is 12.4 Å². The molecule has 0 aromatic carbocycles. The summed E-state index contributed by atoms with van der Waals surface area (Å²) in [4.78, 5) is 8.30. The smallest absolute Gasteiger partial charge is 0.136 e. The van der Waals surface area contributed by atoms with E-state index in [1.54, 1.807) is 23.3 Å². The summed E-state index contributed by atoms with van der Waals surface area (Å²) >= 11 is 2.20. The van der Waals surface area contributed by atoms with Crippen LogP contribution in [-0.4, -0.2) is 19.7 Å². The lowest BCUT2D eigenvalue weighted by Gasteiger charge is -2.12. The Balaban J connectivity index is 2.42. The second-order valence-electron chi connectivity index (χ2n) is 3.54. The van der Waals surface area contributed by atoms with Gasteiger partial charge < -0.3 is 5.73 Å². The van der Waals surface area contributed by atoms with Crippen LogP contribution < -0.4 is 5.73 Å². The zero-order chi connectivity index (χ0) is 11.7. The molecular formula is C10H12IN5. The Morgan fingerprint density at radius 3 is 2.69 bits per heavy atom. The molecule has 2 N–H and O–H groups in total. The molecule has 0 saturated carbocycles. The highest BCUT2D eigenvalue weighted by Gasteiger charge is 2.16. The number of halogens is 1. The summed E-state index contributed by atoms with van der Waals surface area (Å²) in [6.45, 7) is 3.95. The molecule has 2 aromatic heterocycles. The third kappa shape index (κ3) is 1.89. The molecule has 1 atom stereocenters. The van der Waals surface area contributed by atoms with Crippen molar-refractivity contribution in [3.63, 3.8) is 0 Å². The summed E-state index contributed by atoms with van der Waals surface area (Å²) < 4.78 is 2.77. The molecule has 0 bridgehead atoms. The lowest BCUT2D eigenvalue weighted by molar-refractivity contribution is 0.553. The van der Waals surface area contributed by atoms with Crippen molar-refractivity contribution in [2.75, 3.05) is 5.73 Å². The molecule has 2 heterocycles. The SMILES string of the molecule is Cc1nn(C(C)c2cnccn2)c(N)c1I. The zero-order valence-corrected chi connectivity index (χ0v) is 11.2. The largest absolute Gasteiger partial charge is 0.383 e. The molecule has 0 amide bonds. The molecule has 0 fully saturated rings. The first kappa shape index (κ1) is 11.3. The highest BCUT2D eigenvalue weighted by molar-refractivity contribution is 14.1. The van der Waals surface area contributed by atoms with Gasteiger partial charge in [-0.2, -0.15) is 5.10 Å². The van der Waals surface area contributed by atoms with E-state index < -0.39 is 0 Å². The van der Waals surface area contributed by atoms with Crippen LogP contribution in [0.3, 0.4) is 0 Å². The second kappa shape index (κ2) is 4.36. The average molecular weight is 329 g/mol. The standard InChI is InChI=1S/C10H12IN5/c1-6-9(11)10(12)16(15-6)7(2)8-5-13-3-4-14-8/h3-5,7H,12H2,1-2H3. The number of hydrogen-bond acceptors (Lipinski definition) is 4. The molecule has 0 spiro atoms. The third-order valence-corrected chi connectivity index (χ3v) is 3.76. The number of rotatable bonds is 2. The first-order valence-corrected chi connectivity index (χ1v) is 5.95. The monoisotopic (exact) mass is 329 g/mol. The molecule has 0 radical (unpaired) electrons. The van der Waals surface area contributed by atoms with E-state index in [9.17, 15) is 0 Å². The predicted octanol–water partition coefficient (Wildman–Crippen LogP) is 1.78. The topological polar surface area (TPSA) is 69.6 Å². The van der Waals surface area contributed by atoms with Crippen molar-refractivity contribution in [3.05, 3.63) is 33.5 Å². The van der Waals surface area contributed by atoms with E-state index in [-0.39, 0.29) is 6.04 Å². The maximum absolute atomic E-state index is 5.99. The fourth-order valence-corrected chi connectivity index (χ4v) is 1.85. The first-order valence-electron chi connectivity index (χ1n) is 4.87. The van der Waals surface area contributed by atoms with Crippen LogP contribution in [0, 0.1) is 10.5 Å². The minimum Gasteiger partial charge on any atom is -0.383 e. The van der Waals surface area contributed by atoms with Crippen LogP contribution in [0.25, 0.3) is 0 Å². The summed E-state index contributed by atoms with van der Waals surface area (Å²) in [6, 6.07) is -0.00378. The molecule has 0 aliphatic heterocycles. The second-order valence-corrected chi connectivity index (χ2v) is 4.61. The van der Waals surface area contributed by atoms with E-state index in [1.807, 2.05) is 13.8 Å². The Morgan fingerprint density at radius 1 is 1.44 bits per heavy atom. The lowest BCUT2D eigenvalue weighted by Crippen LogP contribution is -2.13. The number of nitrogen functional groups attached to an aromatic ring is 1. The lowest BCUT2D eigenvalue weighted by atomic mass is 10.2. The van der Waals surface area contributed by atoms with Gasteiger partial charge in [0.2, 0.25) is 0 Å². The van der Waals surface area contributed by atoms with E-state index in [0.717, 1.165) is 15.0 Å². The highest BCUT2D eigenvalue weighted by atomic mass is 127. The summed E-state index contributed by atoms with van der Waals surface area (Å²) in [5, 5.41) is 4.40. The number of aryl methyl sites for hydroxylation is 1. The third-order valence-electron chi connectivity index (χ3n) is 2.43. The molecule has 2 rings (SSSR count). The van der Waals surface area contributed by atoms with Crippen LogP contribution in [0.2, 0.25) is 0 Å². The molecule has 5 nitrogen and oxygen atoms in total. The normalized spacial score (nSPS) is 12.7. The van der Waals surface area contributed by atoms with Crippen LogP contribution in [0.5, 0.6) is 0 Å². The van der Waals surface area contributed by atoms with E-state index >= 15 is 0 Å². The minimum absolute atomic E-state index is 0.00378. The molecule has 16 heavy (non-hydrogen) atoms. The van der Waals surface area contributed by atoms with Crippen LogP contribution in [0.1, 0.15) is 24.4 Å². The minimum atomic E-state index is -0.00378. The van der Waals surface area contributed by atoms with Crippen molar-refractivity contribution in [2.24, 2.45) is 0 Å². The molecule has 1 unspecified atom stereocenters. The van der Waals surface area contributed by atoms with Crippen molar-refractivity contribution >= 4 is 28.4 Å². The maximum Gasteiger partial charge on any atom is 0.136 e. The van der Waals surface area contributed by atoms with Crippen molar-refractivity contribution in [1.82, 2.24) is 19.7 Å². The molecule has 0 aliphatic rings. The van der Waals surface area contributed by atoms with E-state index in [4.69, 9.17) is 5.73 Å². The van der Waals surface area contributed by atoms with E-state index in [0.29, 0.717) is 5.82 Å². The molecule has 0 saturated heterocycles. The summed E-state index contributed by atoms with van der Waals surface area (Å²) in [6.07, 6.45) is 5.05. The fraction of sp³-hybridized carbons (Fsp3) is 0.300. The van der Waals surface area contributed by atoms with Gasteiger partial charge in [0.15, 0.2) is 0 Å².